The minimum atomic E-state index is -0.630. The van der Waals surface area contributed by atoms with Gasteiger partial charge in [-0.25, -0.2) is 9.18 Å². The van der Waals surface area contributed by atoms with Gasteiger partial charge in [-0.2, -0.15) is 4.98 Å². The van der Waals surface area contributed by atoms with E-state index in [1.54, 1.807) is 0 Å². The number of amides is 1. The van der Waals surface area contributed by atoms with Crippen LogP contribution in [0.1, 0.15) is 0 Å². The molecule has 2 aromatic heterocycles. The molecule has 1 N–H and O–H groups in total. The molecule has 0 aliphatic rings. The van der Waals surface area contributed by atoms with Crippen molar-refractivity contribution in [1.29, 1.82) is 0 Å². The number of rotatable bonds is 3. The van der Waals surface area contributed by atoms with Crippen LogP contribution in [0.25, 0.3) is 11.2 Å². The maximum Gasteiger partial charge on any atom is 0.332 e. The van der Waals surface area contributed by atoms with E-state index in [4.69, 9.17) is 23.2 Å². The Bertz CT molecular complexity index is 1160. The average Bonchev–Trinajstić information content (AvgIpc) is 2.90. The zero-order valence-corrected chi connectivity index (χ0v) is 15.1. The van der Waals surface area contributed by atoms with Gasteiger partial charge in [0.15, 0.2) is 11.2 Å². The lowest BCUT2D eigenvalue weighted by atomic mass is 10.3. The standard InChI is InChI=1S/C15H12Cl2FN5O3/c1-21-12-11(13(25)22(2)15(21)26)23(14(17)20-12)6-10(24)19-9-4-3-7(18)5-8(9)16/h3-5H,6H2,1-2H3,(H,19,24). The van der Waals surface area contributed by atoms with E-state index in [1.165, 1.54) is 24.7 Å². The number of hydrogen-bond donors (Lipinski definition) is 1. The molecule has 0 radical (unpaired) electrons. The van der Waals surface area contributed by atoms with Crippen LogP contribution in [0.3, 0.4) is 0 Å². The summed E-state index contributed by atoms with van der Waals surface area (Å²) in [6.07, 6.45) is 0. The lowest BCUT2D eigenvalue weighted by molar-refractivity contribution is -0.116. The molecule has 0 atom stereocenters. The highest BCUT2D eigenvalue weighted by Crippen LogP contribution is 2.23. The first-order valence-electron chi connectivity index (χ1n) is 7.27. The predicted octanol–water partition coefficient (Wildman–Crippen LogP) is 1.52. The molecule has 136 valence electrons. The Hall–Kier alpha value is -2.65. The van der Waals surface area contributed by atoms with Gasteiger partial charge in [0.25, 0.3) is 5.56 Å². The molecule has 0 aliphatic carbocycles. The number of halogens is 3. The third-order valence-corrected chi connectivity index (χ3v) is 4.41. The van der Waals surface area contributed by atoms with Crippen LogP contribution in [0.15, 0.2) is 27.8 Å². The highest BCUT2D eigenvalue weighted by Gasteiger charge is 2.20. The zero-order chi connectivity index (χ0) is 19.2. The van der Waals surface area contributed by atoms with E-state index in [1.807, 2.05) is 0 Å². The van der Waals surface area contributed by atoms with Crippen molar-refractivity contribution in [2.45, 2.75) is 6.54 Å². The topological polar surface area (TPSA) is 90.9 Å². The summed E-state index contributed by atoms with van der Waals surface area (Å²) in [5.74, 6) is -1.10. The summed E-state index contributed by atoms with van der Waals surface area (Å²) in [4.78, 5) is 40.7. The number of imidazole rings is 1. The van der Waals surface area contributed by atoms with Gasteiger partial charge in [0, 0.05) is 14.1 Å². The molecular formula is C15H12Cl2FN5O3. The highest BCUT2D eigenvalue weighted by molar-refractivity contribution is 6.33. The largest absolute Gasteiger partial charge is 0.332 e. The molecule has 0 spiro atoms. The van der Waals surface area contributed by atoms with E-state index in [0.29, 0.717) is 0 Å². The second kappa shape index (κ2) is 6.58. The Morgan fingerprint density at radius 3 is 2.58 bits per heavy atom. The molecule has 0 aliphatic heterocycles. The molecule has 0 unspecified atom stereocenters. The molecule has 0 saturated carbocycles. The Morgan fingerprint density at radius 1 is 1.23 bits per heavy atom. The molecule has 11 heteroatoms. The monoisotopic (exact) mass is 399 g/mol. The van der Waals surface area contributed by atoms with Gasteiger partial charge >= 0.3 is 5.69 Å². The van der Waals surface area contributed by atoms with Gasteiger partial charge in [-0.1, -0.05) is 11.6 Å². The van der Waals surface area contributed by atoms with Gasteiger partial charge in [0.1, 0.15) is 12.4 Å². The number of nitrogens with zero attached hydrogens (tertiary/aromatic N) is 4. The minimum absolute atomic E-state index is 0.0138. The van der Waals surface area contributed by atoms with E-state index in [9.17, 15) is 18.8 Å². The van der Waals surface area contributed by atoms with Gasteiger partial charge in [-0.3, -0.25) is 23.3 Å². The normalized spacial score (nSPS) is 11.1. The van der Waals surface area contributed by atoms with Crippen molar-refractivity contribution in [3.05, 3.63) is 55.2 Å². The number of aryl methyl sites for hydroxylation is 1. The Kier molecular flexibility index (Phi) is 4.59. The maximum absolute atomic E-state index is 13.1. The van der Waals surface area contributed by atoms with Crippen LogP contribution in [0.4, 0.5) is 10.1 Å². The summed E-state index contributed by atoms with van der Waals surface area (Å²) in [7, 11) is 2.75. The van der Waals surface area contributed by atoms with Crippen LogP contribution >= 0.6 is 23.2 Å². The number of aromatic nitrogens is 4. The van der Waals surface area contributed by atoms with Gasteiger partial charge in [0.2, 0.25) is 11.2 Å². The van der Waals surface area contributed by atoms with Crippen molar-refractivity contribution in [1.82, 2.24) is 18.7 Å². The van der Waals surface area contributed by atoms with Crippen molar-refractivity contribution in [3.63, 3.8) is 0 Å². The second-order valence-corrected chi connectivity index (χ2v) is 6.26. The first-order valence-corrected chi connectivity index (χ1v) is 8.03. The fourth-order valence-electron chi connectivity index (χ4n) is 2.49. The van der Waals surface area contributed by atoms with Crippen LogP contribution in [0.2, 0.25) is 10.3 Å². The van der Waals surface area contributed by atoms with E-state index < -0.39 is 23.0 Å². The summed E-state index contributed by atoms with van der Waals surface area (Å²) < 4.78 is 16.3. The van der Waals surface area contributed by atoms with Crippen molar-refractivity contribution in [2.75, 3.05) is 5.32 Å². The van der Waals surface area contributed by atoms with Crippen LogP contribution in [-0.2, 0) is 25.4 Å². The number of hydrogen-bond acceptors (Lipinski definition) is 4. The summed E-state index contributed by atoms with van der Waals surface area (Å²) in [5.41, 5.74) is -0.906. The molecule has 0 bridgehead atoms. The summed E-state index contributed by atoms with van der Waals surface area (Å²) in [5, 5.41) is 2.41. The smallest absolute Gasteiger partial charge is 0.323 e. The number of benzene rings is 1. The van der Waals surface area contributed by atoms with Crippen LogP contribution in [0, 0.1) is 5.82 Å². The predicted molar refractivity (Wildman–Crippen MR) is 95.3 cm³/mol. The van der Waals surface area contributed by atoms with Crippen molar-refractivity contribution in [2.24, 2.45) is 14.1 Å². The molecule has 1 aromatic carbocycles. The third kappa shape index (κ3) is 2.99. The minimum Gasteiger partial charge on any atom is -0.323 e. The SMILES string of the molecule is Cn1c(=O)c2c(nc(Cl)n2CC(=O)Nc2ccc(F)cc2Cl)n(C)c1=O. The van der Waals surface area contributed by atoms with Gasteiger partial charge in [0.05, 0.1) is 10.7 Å². The average molecular weight is 400 g/mol. The molecule has 2 heterocycles. The van der Waals surface area contributed by atoms with Crippen LogP contribution in [-0.4, -0.2) is 24.6 Å². The van der Waals surface area contributed by atoms with Gasteiger partial charge in [-0.05, 0) is 29.8 Å². The van der Waals surface area contributed by atoms with Gasteiger partial charge in [-0.15, -0.1) is 0 Å². The van der Waals surface area contributed by atoms with E-state index in [0.717, 1.165) is 21.3 Å². The fraction of sp³-hybridized carbons (Fsp3) is 0.200. The summed E-state index contributed by atoms with van der Waals surface area (Å²) in [6.45, 7) is -0.351. The number of carbonyl (C=O) groups excluding carboxylic acids is 1. The Labute approximate surface area is 155 Å². The summed E-state index contributed by atoms with van der Waals surface area (Å²) >= 11 is 11.9. The van der Waals surface area contributed by atoms with Crippen molar-refractivity contribution >= 4 is 46.0 Å². The molecular weight excluding hydrogens is 388 g/mol. The Balaban J connectivity index is 2.01. The molecule has 1 amide bonds. The van der Waals surface area contributed by atoms with Crippen LogP contribution in [0.5, 0.6) is 0 Å². The lowest BCUT2D eigenvalue weighted by Gasteiger charge is -2.09. The first-order chi connectivity index (χ1) is 12.2. The van der Waals surface area contributed by atoms with Crippen molar-refractivity contribution < 1.29 is 9.18 Å². The number of anilines is 1. The Morgan fingerprint density at radius 2 is 1.92 bits per heavy atom. The quantitative estimate of drug-likeness (QED) is 0.675. The fourth-order valence-corrected chi connectivity index (χ4v) is 2.93. The van der Waals surface area contributed by atoms with E-state index in [2.05, 4.69) is 10.3 Å². The van der Waals surface area contributed by atoms with Crippen molar-refractivity contribution in [3.8, 4) is 0 Å². The molecule has 3 rings (SSSR count). The van der Waals surface area contributed by atoms with Crippen LogP contribution < -0.4 is 16.6 Å². The van der Waals surface area contributed by atoms with E-state index in [-0.39, 0.29) is 33.7 Å². The molecule has 3 aromatic rings. The first kappa shape index (κ1) is 18.2. The highest BCUT2D eigenvalue weighted by atomic mass is 35.5. The van der Waals surface area contributed by atoms with Gasteiger partial charge < -0.3 is 5.32 Å². The third-order valence-electron chi connectivity index (χ3n) is 3.81. The molecule has 0 saturated heterocycles. The summed E-state index contributed by atoms with van der Waals surface area (Å²) in [6, 6.07) is 3.51. The molecule has 26 heavy (non-hydrogen) atoms. The molecule has 0 fully saturated rings. The maximum atomic E-state index is 13.1. The van der Waals surface area contributed by atoms with E-state index >= 15 is 0 Å². The number of carbonyl (C=O) groups is 1. The second-order valence-electron chi connectivity index (χ2n) is 5.52. The zero-order valence-electron chi connectivity index (χ0n) is 13.6. The molecule has 8 nitrogen and oxygen atoms in total. The number of nitrogens with one attached hydrogen (secondary N) is 1. The number of fused-ring (bicyclic) bond motifs is 1. The lowest BCUT2D eigenvalue weighted by Crippen LogP contribution is -2.37.